The van der Waals surface area contributed by atoms with Crippen molar-refractivity contribution in [1.29, 1.82) is 0 Å². The molecule has 6 nitrogen and oxygen atoms in total. The molecule has 1 saturated heterocycles. The van der Waals surface area contributed by atoms with Gasteiger partial charge >= 0.3 is 0 Å². The third kappa shape index (κ3) is 3.97. The van der Waals surface area contributed by atoms with Gasteiger partial charge in [0.1, 0.15) is 21.8 Å². The summed E-state index contributed by atoms with van der Waals surface area (Å²) >= 11 is 11.8. The lowest BCUT2D eigenvalue weighted by Gasteiger charge is -2.36. The minimum Gasteiger partial charge on any atom is -0.497 e. The standard InChI is InChI=1S/C18H19Cl2N3O3/c1-25-13-9-12(10-14(11-13)26-2)22-5-7-23(8-6-22)18(24)15-3-4-16(19)21-17(15)20/h3-4,9-11H,5-8H2,1-2H3. The Balaban J connectivity index is 1.70. The van der Waals surface area contributed by atoms with Gasteiger partial charge in [0.25, 0.3) is 5.91 Å². The van der Waals surface area contributed by atoms with Crippen LogP contribution in [0.2, 0.25) is 10.3 Å². The van der Waals surface area contributed by atoms with E-state index in [2.05, 4.69) is 9.88 Å². The highest BCUT2D eigenvalue weighted by Crippen LogP contribution is 2.29. The molecule has 1 aliphatic heterocycles. The third-order valence-corrected chi connectivity index (χ3v) is 4.81. The van der Waals surface area contributed by atoms with E-state index in [1.807, 2.05) is 18.2 Å². The highest BCUT2D eigenvalue weighted by atomic mass is 35.5. The number of carbonyl (C=O) groups is 1. The number of aromatic nitrogens is 1. The predicted molar refractivity (Wildman–Crippen MR) is 102 cm³/mol. The maximum absolute atomic E-state index is 12.7. The number of piperazine rings is 1. The van der Waals surface area contributed by atoms with Gasteiger partial charge in [-0.2, -0.15) is 0 Å². The normalized spacial score (nSPS) is 14.3. The summed E-state index contributed by atoms with van der Waals surface area (Å²) in [7, 11) is 3.25. The van der Waals surface area contributed by atoms with Gasteiger partial charge in [0, 0.05) is 50.1 Å². The van der Waals surface area contributed by atoms with E-state index in [0.717, 1.165) is 17.2 Å². The van der Waals surface area contributed by atoms with Crippen molar-refractivity contribution in [2.24, 2.45) is 0 Å². The maximum Gasteiger partial charge on any atom is 0.257 e. The van der Waals surface area contributed by atoms with Crippen LogP contribution < -0.4 is 14.4 Å². The fourth-order valence-electron chi connectivity index (χ4n) is 2.88. The SMILES string of the molecule is COc1cc(OC)cc(N2CCN(C(=O)c3ccc(Cl)nc3Cl)CC2)c1. The van der Waals surface area contributed by atoms with Gasteiger partial charge in [0.15, 0.2) is 0 Å². The van der Waals surface area contributed by atoms with Crippen molar-refractivity contribution >= 4 is 34.8 Å². The quantitative estimate of drug-likeness (QED) is 0.742. The predicted octanol–water partition coefficient (Wildman–Crippen LogP) is 3.37. The Labute approximate surface area is 162 Å². The Kier molecular flexibility index (Phi) is 5.74. The lowest BCUT2D eigenvalue weighted by molar-refractivity contribution is 0.0746. The molecule has 8 heteroatoms. The van der Waals surface area contributed by atoms with Crippen LogP contribution >= 0.6 is 23.2 Å². The van der Waals surface area contributed by atoms with Gasteiger partial charge in [0.05, 0.1) is 19.8 Å². The van der Waals surface area contributed by atoms with Crippen LogP contribution in [-0.4, -0.2) is 56.2 Å². The molecule has 1 aromatic carbocycles. The largest absolute Gasteiger partial charge is 0.497 e. The second-order valence-corrected chi connectivity index (χ2v) is 6.57. The van der Waals surface area contributed by atoms with Crippen molar-refractivity contribution in [3.63, 3.8) is 0 Å². The molecular weight excluding hydrogens is 377 g/mol. The van der Waals surface area contributed by atoms with Crippen LogP contribution in [-0.2, 0) is 0 Å². The van der Waals surface area contributed by atoms with E-state index < -0.39 is 0 Å². The average Bonchev–Trinajstić information content (AvgIpc) is 2.67. The van der Waals surface area contributed by atoms with Crippen LogP contribution in [0.25, 0.3) is 0 Å². The molecular formula is C18H19Cl2N3O3. The number of amides is 1. The van der Waals surface area contributed by atoms with Gasteiger partial charge in [0.2, 0.25) is 0 Å². The first kappa shape index (κ1) is 18.6. The molecule has 2 aromatic rings. The number of carbonyl (C=O) groups excluding carboxylic acids is 1. The van der Waals surface area contributed by atoms with Crippen LogP contribution in [0.1, 0.15) is 10.4 Å². The summed E-state index contributed by atoms with van der Waals surface area (Å²) in [5.41, 5.74) is 1.37. The van der Waals surface area contributed by atoms with Gasteiger partial charge in [-0.05, 0) is 12.1 Å². The number of halogens is 2. The minimum absolute atomic E-state index is 0.127. The molecule has 0 unspecified atom stereocenters. The Bertz CT molecular complexity index is 786. The summed E-state index contributed by atoms with van der Waals surface area (Å²) in [6.07, 6.45) is 0. The zero-order valence-corrected chi connectivity index (χ0v) is 16.0. The summed E-state index contributed by atoms with van der Waals surface area (Å²) in [4.78, 5) is 20.6. The molecule has 0 spiro atoms. The van der Waals surface area contributed by atoms with Gasteiger partial charge < -0.3 is 19.3 Å². The van der Waals surface area contributed by atoms with Crippen molar-refractivity contribution in [2.45, 2.75) is 0 Å². The molecule has 0 aliphatic carbocycles. The first-order valence-electron chi connectivity index (χ1n) is 8.11. The van der Waals surface area contributed by atoms with Crippen molar-refractivity contribution in [3.8, 4) is 11.5 Å². The summed E-state index contributed by atoms with van der Waals surface area (Å²) < 4.78 is 10.6. The van der Waals surface area contributed by atoms with Gasteiger partial charge in [-0.25, -0.2) is 4.98 Å². The number of hydrogen-bond donors (Lipinski definition) is 0. The van der Waals surface area contributed by atoms with Crippen molar-refractivity contribution in [3.05, 3.63) is 46.2 Å². The highest BCUT2D eigenvalue weighted by molar-refractivity contribution is 6.34. The van der Waals surface area contributed by atoms with E-state index in [-0.39, 0.29) is 16.2 Å². The Morgan fingerprint density at radius 3 is 2.15 bits per heavy atom. The van der Waals surface area contributed by atoms with Gasteiger partial charge in [-0.15, -0.1) is 0 Å². The molecule has 1 aliphatic rings. The number of nitrogens with zero attached hydrogens (tertiary/aromatic N) is 3. The molecule has 1 amide bonds. The van der Waals surface area contributed by atoms with Crippen LogP contribution in [0.4, 0.5) is 5.69 Å². The Morgan fingerprint density at radius 1 is 1.00 bits per heavy atom. The smallest absolute Gasteiger partial charge is 0.257 e. The van der Waals surface area contributed by atoms with Crippen LogP contribution in [0, 0.1) is 0 Å². The van der Waals surface area contributed by atoms with Gasteiger partial charge in [-0.3, -0.25) is 4.79 Å². The highest BCUT2D eigenvalue weighted by Gasteiger charge is 2.24. The summed E-state index contributed by atoms with van der Waals surface area (Å²) in [6, 6.07) is 8.93. The second kappa shape index (κ2) is 8.01. The molecule has 1 aromatic heterocycles. The maximum atomic E-state index is 12.7. The van der Waals surface area contributed by atoms with E-state index in [0.29, 0.717) is 31.7 Å². The molecule has 138 valence electrons. The van der Waals surface area contributed by atoms with E-state index in [4.69, 9.17) is 32.7 Å². The molecule has 26 heavy (non-hydrogen) atoms. The number of anilines is 1. The minimum atomic E-state index is -0.137. The summed E-state index contributed by atoms with van der Waals surface area (Å²) in [5, 5.41) is 0.394. The lowest BCUT2D eigenvalue weighted by Crippen LogP contribution is -2.48. The Hall–Kier alpha value is -2.18. The molecule has 0 radical (unpaired) electrons. The Morgan fingerprint density at radius 2 is 1.62 bits per heavy atom. The summed E-state index contributed by atoms with van der Waals surface area (Å²) in [6.45, 7) is 2.55. The number of pyridine rings is 1. The molecule has 0 bridgehead atoms. The van der Waals surface area contributed by atoms with E-state index in [1.54, 1.807) is 31.3 Å². The average molecular weight is 396 g/mol. The topological polar surface area (TPSA) is 54.9 Å². The molecule has 0 N–H and O–H groups in total. The molecule has 2 heterocycles. The van der Waals surface area contributed by atoms with Crippen LogP contribution in [0.3, 0.4) is 0 Å². The number of benzene rings is 1. The molecule has 0 atom stereocenters. The third-order valence-electron chi connectivity index (χ3n) is 4.31. The van der Waals surface area contributed by atoms with Crippen molar-refractivity contribution in [1.82, 2.24) is 9.88 Å². The zero-order chi connectivity index (χ0) is 18.7. The first-order chi connectivity index (χ1) is 12.5. The summed E-state index contributed by atoms with van der Waals surface area (Å²) in [5.74, 6) is 1.33. The fourth-order valence-corrected chi connectivity index (χ4v) is 3.31. The van der Waals surface area contributed by atoms with E-state index in [9.17, 15) is 4.79 Å². The first-order valence-corrected chi connectivity index (χ1v) is 8.86. The molecule has 0 saturated carbocycles. The van der Waals surface area contributed by atoms with Crippen LogP contribution in [0.15, 0.2) is 30.3 Å². The molecule has 3 rings (SSSR count). The second-order valence-electron chi connectivity index (χ2n) is 5.82. The molecule has 1 fully saturated rings. The van der Waals surface area contributed by atoms with Crippen LogP contribution in [0.5, 0.6) is 11.5 Å². The van der Waals surface area contributed by atoms with Crippen molar-refractivity contribution in [2.75, 3.05) is 45.3 Å². The van der Waals surface area contributed by atoms with E-state index in [1.165, 1.54) is 0 Å². The van der Waals surface area contributed by atoms with Gasteiger partial charge in [-0.1, -0.05) is 23.2 Å². The fraction of sp³-hybridized carbons (Fsp3) is 0.333. The number of methoxy groups -OCH3 is 2. The number of hydrogen-bond acceptors (Lipinski definition) is 5. The monoisotopic (exact) mass is 395 g/mol. The van der Waals surface area contributed by atoms with E-state index >= 15 is 0 Å². The lowest BCUT2D eigenvalue weighted by atomic mass is 10.2. The number of rotatable bonds is 4. The van der Waals surface area contributed by atoms with Crippen molar-refractivity contribution < 1.29 is 14.3 Å². The zero-order valence-electron chi connectivity index (χ0n) is 14.5. The number of ether oxygens (including phenoxy) is 2.